The van der Waals surface area contributed by atoms with E-state index in [4.69, 9.17) is 16.3 Å². The molecule has 1 aromatic heterocycles. The Morgan fingerprint density at radius 1 is 1.56 bits per heavy atom. The van der Waals surface area contributed by atoms with Crippen LogP contribution < -0.4 is 0 Å². The molecule has 0 aromatic carbocycles. The molecule has 2 atom stereocenters. The molecule has 1 aromatic rings. The van der Waals surface area contributed by atoms with Crippen molar-refractivity contribution in [1.29, 1.82) is 0 Å². The van der Waals surface area contributed by atoms with Crippen molar-refractivity contribution < 1.29 is 9.53 Å². The Kier molecular flexibility index (Phi) is 3.52. The van der Waals surface area contributed by atoms with E-state index in [1.54, 1.807) is 12.1 Å². The molecule has 1 amide bonds. The monoisotopic (exact) mass is 259 g/mol. The summed E-state index contributed by atoms with van der Waals surface area (Å²) in [5.74, 6) is 0.0551. The molecule has 1 aliphatic heterocycles. The van der Waals surface area contributed by atoms with Crippen LogP contribution in [0.4, 0.5) is 0 Å². The number of morpholine rings is 1. The lowest BCUT2D eigenvalue weighted by Crippen LogP contribution is -2.50. The van der Waals surface area contributed by atoms with Crippen LogP contribution in [-0.2, 0) is 4.74 Å². The number of thiophene rings is 1. The van der Waals surface area contributed by atoms with Crippen molar-refractivity contribution in [2.24, 2.45) is 0 Å². The van der Waals surface area contributed by atoms with Crippen molar-refractivity contribution in [3.63, 3.8) is 0 Å². The minimum atomic E-state index is 0.0551. The van der Waals surface area contributed by atoms with Gasteiger partial charge in [-0.2, -0.15) is 0 Å². The third-order valence-electron chi connectivity index (χ3n) is 2.65. The molecule has 1 saturated heterocycles. The van der Waals surface area contributed by atoms with Crippen molar-refractivity contribution in [2.75, 3.05) is 13.2 Å². The molecule has 2 rings (SSSR count). The molecule has 3 nitrogen and oxygen atoms in total. The van der Waals surface area contributed by atoms with E-state index in [1.807, 2.05) is 18.7 Å². The van der Waals surface area contributed by atoms with Gasteiger partial charge in [0.25, 0.3) is 5.91 Å². The Morgan fingerprint density at radius 3 is 2.94 bits per heavy atom. The average Bonchev–Trinajstić information content (AvgIpc) is 2.67. The zero-order valence-electron chi connectivity index (χ0n) is 9.27. The quantitative estimate of drug-likeness (QED) is 0.776. The van der Waals surface area contributed by atoms with E-state index in [0.717, 1.165) is 0 Å². The molecular weight excluding hydrogens is 246 g/mol. The standard InChI is InChI=1S/C11H14ClNO2S/c1-7-6-15-8(2)5-13(7)11(14)9-3-4-10(12)16-9/h3-4,7-8H,5-6H2,1-2H3/t7-,8+/m0/s1. The first-order chi connectivity index (χ1) is 7.58. The zero-order valence-corrected chi connectivity index (χ0v) is 10.8. The molecule has 0 unspecified atom stereocenters. The third-order valence-corrected chi connectivity index (χ3v) is 3.87. The number of amides is 1. The summed E-state index contributed by atoms with van der Waals surface area (Å²) in [4.78, 5) is 14.7. The van der Waals surface area contributed by atoms with Gasteiger partial charge in [-0.15, -0.1) is 11.3 Å². The lowest BCUT2D eigenvalue weighted by Gasteiger charge is -2.36. The lowest BCUT2D eigenvalue weighted by atomic mass is 10.2. The first-order valence-corrected chi connectivity index (χ1v) is 6.45. The highest BCUT2D eigenvalue weighted by atomic mass is 35.5. The molecule has 0 N–H and O–H groups in total. The second-order valence-corrected chi connectivity index (χ2v) is 5.77. The average molecular weight is 260 g/mol. The number of halogens is 1. The number of rotatable bonds is 1. The molecular formula is C11H14ClNO2S. The SMILES string of the molecule is C[C@@H]1CN(C(=O)c2ccc(Cl)s2)[C@@H](C)CO1. The number of hydrogen-bond acceptors (Lipinski definition) is 3. The highest BCUT2D eigenvalue weighted by Gasteiger charge is 2.28. The second-order valence-electron chi connectivity index (χ2n) is 4.05. The van der Waals surface area contributed by atoms with E-state index in [2.05, 4.69) is 0 Å². The van der Waals surface area contributed by atoms with E-state index in [-0.39, 0.29) is 18.1 Å². The van der Waals surface area contributed by atoms with Gasteiger partial charge in [0.15, 0.2) is 0 Å². The maximum atomic E-state index is 12.2. The molecule has 0 radical (unpaired) electrons. The molecule has 0 spiro atoms. The van der Waals surface area contributed by atoms with Crippen LogP contribution in [0.15, 0.2) is 12.1 Å². The maximum Gasteiger partial charge on any atom is 0.264 e. The minimum absolute atomic E-state index is 0.0551. The van der Waals surface area contributed by atoms with Crippen molar-refractivity contribution in [3.8, 4) is 0 Å². The van der Waals surface area contributed by atoms with Gasteiger partial charge < -0.3 is 9.64 Å². The largest absolute Gasteiger partial charge is 0.375 e. The van der Waals surface area contributed by atoms with Crippen LogP contribution in [0.5, 0.6) is 0 Å². The van der Waals surface area contributed by atoms with E-state index in [0.29, 0.717) is 22.4 Å². The summed E-state index contributed by atoms with van der Waals surface area (Å²) < 4.78 is 6.15. The molecule has 1 fully saturated rings. The van der Waals surface area contributed by atoms with Gasteiger partial charge in [0.2, 0.25) is 0 Å². The Labute approximate surface area is 104 Å². The van der Waals surface area contributed by atoms with E-state index < -0.39 is 0 Å². The van der Waals surface area contributed by atoms with E-state index >= 15 is 0 Å². The lowest BCUT2D eigenvalue weighted by molar-refractivity contribution is -0.0385. The number of hydrogen-bond donors (Lipinski definition) is 0. The van der Waals surface area contributed by atoms with Crippen LogP contribution >= 0.6 is 22.9 Å². The normalized spacial score (nSPS) is 25.8. The first kappa shape index (κ1) is 11.9. The molecule has 2 heterocycles. The summed E-state index contributed by atoms with van der Waals surface area (Å²) in [6.45, 7) is 5.23. The highest BCUT2D eigenvalue weighted by molar-refractivity contribution is 7.17. The topological polar surface area (TPSA) is 29.5 Å². The Bertz CT molecular complexity index is 393. The Balaban J connectivity index is 2.14. The highest BCUT2D eigenvalue weighted by Crippen LogP contribution is 2.24. The summed E-state index contributed by atoms with van der Waals surface area (Å²) >= 11 is 7.16. The summed E-state index contributed by atoms with van der Waals surface area (Å²) in [7, 11) is 0. The molecule has 1 aliphatic rings. The predicted octanol–water partition coefficient (Wildman–Crippen LogP) is 2.65. The van der Waals surface area contributed by atoms with Gasteiger partial charge >= 0.3 is 0 Å². The Morgan fingerprint density at radius 2 is 2.31 bits per heavy atom. The van der Waals surface area contributed by atoms with Gasteiger partial charge in [-0.05, 0) is 26.0 Å². The van der Waals surface area contributed by atoms with Gasteiger partial charge in [0, 0.05) is 6.54 Å². The Hall–Kier alpha value is -0.580. The van der Waals surface area contributed by atoms with Crippen LogP contribution in [0.25, 0.3) is 0 Å². The fourth-order valence-electron chi connectivity index (χ4n) is 1.76. The fourth-order valence-corrected chi connectivity index (χ4v) is 2.76. The van der Waals surface area contributed by atoms with Crippen LogP contribution in [0.2, 0.25) is 4.34 Å². The molecule has 88 valence electrons. The summed E-state index contributed by atoms with van der Waals surface area (Å²) in [5, 5.41) is 0. The molecule has 16 heavy (non-hydrogen) atoms. The van der Waals surface area contributed by atoms with Crippen LogP contribution in [-0.4, -0.2) is 36.1 Å². The van der Waals surface area contributed by atoms with Gasteiger partial charge in [-0.3, -0.25) is 4.79 Å². The number of carbonyl (C=O) groups excluding carboxylic acids is 1. The first-order valence-electron chi connectivity index (χ1n) is 5.26. The van der Waals surface area contributed by atoms with Crippen LogP contribution in [0, 0.1) is 0 Å². The maximum absolute atomic E-state index is 12.2. The van der Waals surface area contributed by atoms with Crippen molar-refractivity contribution in [2.45, 2.75) is 26.0 Å². The number of carbonyl (C=O) groups is 1. The van der Waals surface area contributed by atoms with Crippen molar-refractivity contribution in [3.05, 3.63) is 21.3 Å². The summed E-state index contributed by atoms with van der Waals surface area (Å²) in [6.07, 6.45) is 0.107. The fraction of sp³-hybridized carbons (Fsp3) is 0.545. The molecule has 0 aliphatic carbocycles. The molecule has 5 heteroatoms. The molecule has 0 saturated carbocycles. The van der Waals surface area contributed by atoms with E-state index in [9.17, 15) is 4.79 Å². The minimum Gasteiger partial charge on any atom is -0.375 e. The smallest absolute Gasteiger partial charge is 0.264 e. The summed E-state index contributed by atoms with van der Waals surface area (Å²) in [6, 6.07) is 3.67. The molecule has 0 bridgehead atoms. The van der Waals surface area contributed by atoms with Crippen LogP contribution in [0.1, 0.15) is 23.5 Å². The van der Waals surface area contributed by atoms with E-state index in [1.165, 1.54) is 11.3 Å². The van der Waals surface area contributed by atoms with Crippen LogP contribution in [0.3, 0.4) is 0 Å². The predicted molar refractivity (Wildman–Crippen MR) is 65.2 cm³/mol. The third kappa shape index (κ3) is 2.39. The zero-order chi connectivity index (χ0) is 11.7. The van der Waals surface area contributed by atoms with Gasteiger partial charge in [-0.1, -0.05) is 11.6 Å². The van der Waals surface area contributed by atoms with Gasteiger partial charge in [0.05, 0.1) is 28.0 Å². The number of nitrogens with zero attached hydrogens (tertiary/aromatic N) is 1. The van der Waals surface area contributed by atoms with Gasteiger partial charge in [0.1, 0.15) is 0 Å². The van der Waals surface area contributed by atoms with Crippen molar-refractivity contribution >= 4 is 28.8 Å². The van der Waals surface area contributed by atoms with Crippen molar-refractivity contribution in [1.82, 2.24) is 4.90 Å². The number of ether oxygens (including phenoxy) is 1. The summed E-state index contributed by atoms with van der Waals surface area (Å²) in [5.41, 5.74) is 0. The van der Waals surface area contributed by atoms with Gasteiger partial charge in [-0.25, -0.2) is 0 Å². The second kappa shape index (κ2) is 4.73.